The molecule has 5 rings (SSSR count). The minimum atomic E-state index is -0.835. The molecule has 4 aromatic rings. The molecule has 7 heteroatoms. The lowest BCUT2D eigenvalue weighted by Crippen LogP contribution is -2.48. The molecule has 2 heterocycles. The summed E-state index contributed by atoms with van der Waals surface area (Å²) in [6, 6.07) is 23.8. The lowest BCUT2D eigenvalue weighted by molar-refractivity contribution is -0.192. The second-order valence-electron chi connectivity index (χ2n) is 10.6. The standard InChI is InChI=1S/C33H37N3O4/c1-22-7-9-24(10-8-22)11-12-25-13-15-26(16-14-25)20-36-31(29(21-37)32(40-36)23(2)38)33(39)34-18-17-27-19-35-30-6-4-3-5-28(27)30/h3-16,19,23,29,31-32,35,37-38H,17-18,20-21H2,1-2H3,(H,34,39)/t23-,29-,31-,32-/m1/s1. The van der Waals surface area contributed by atoms with Crippen molar-refractivity contribution in [3.63, 3.8) is 0 Å². The minimum absolute atomic E-state index is 0.223. The molecule has 1 amide bonds. The Morgan fingerprint density at radius 2 is 1.73 bits per heavy atom. The van der Waals surface area contributed by atoms with E-state index in [2.05, 4.69) is 59.7 Å². The van der Waals surface area contributed by atoms with Gasteiger partial charge in [-0.2, -0.15) is 5.06 Å². The number of H-pyrrole nitrogens is 1. The summed E-state index contributed by atoms with van der Waals surface area (Å²) < 4.78 is 0. The van der Waals surface area contributed by atoms with Crippen molar-refractivity contribution in [2.75, 3.05) is 13.2 Å². The van der Waals surface area contributed by atoms with Crippen molar-refractivity contribution < 1.29 is 19.8 Å². The van der Waals surface area contributed by atoms with Gasteiger partial charge in [0.25, 0.3) is 0 Å². The molecule has 1 aliphatic heterocycles. The highest BCUT2D eigenvalue weighted by molar-refractivity contribution is 5.84. The Kier molecular flexibility index (Phi) is 8.77. The Bertz CT molecular complexity index is 1440. The molecule has 3 aromatic carbocycles. The number of carbonyl (C=O) groups excluding carboxylic acids is 1. The molecule has 4 N–H and O–H groups in total. The lowest BCUT2D eigenvalue weighted by atomic mass is 9.92. The van der Waals surface area contributed by atoms with Crippen LogP contribution in [0.1, 0.15) is 34.7 Å². The predicted octanol–water partition coefficient (Wildman–Crippen LogP) is 4.48. The molecule has 7 nitrogen and oxygen atoms in total. The quantitative estimate of drug-likeness (QED) is 0.223. The molecule has 0 spiro atoms. The number of hydrogen-bond acceptors (Lipinski definition) is 5. The third-order valence-electron chi connectivity index (χ3n) is 7.58. The molecule has 1 saturated heterocycles. The molecule has 1 fully saturated rings. The summed E-state index contributed by atoms with van der Waals surface area (Å²) in [6.07, 6.45) is 5.28. The van der Waals surface area contributed by atoms with Gasteiger partial charge in [-0.3, -0.25) is 9.63 Å². The van der Waals surface area contributed by atoms with E-state index in [0.29, 0.717) is 19.5 Å². The van der Waals surface area contributed by atoms with Crippen LogP contribution in [-0.2, 0) is 22.6 Å². The van der Waals surface area contributed by atoms with Crippen LogP contribution in [-0.4, -0.2) is 57.6 Å². The molecule has 0 bridgehead atoms. The summed E-state index contributed by atoms with van der Waals surface area (Å²) in [7, 11) is 0. The van der Waals surface area contributed by atoms with Gasteiger partial charge in [-0.1, -0.05) is 84.4 Å². The number of nitrogens with one attached hydrogen (secondary N) is 2. The van der Waals surface area contributed by atoms with Gasteiger partial charge in [-0.05, 0) is 48.6 Å². The van der Waals surface area contributed by atoms with Crippen LogP contribution in [0.15, 0.2) is 79.0 Å². The molecule has 208 valence electrons. The molecule has 4 atom stereocenters. The fourth-order valence-corrected chi connectivity index (χ4v) is 5.35. The Morgan fingerprint density at radius 1 is 1.05 bits per heavy atom. The van der Waals surface area contributed by atoms with Crippen molar-refractivity contribution in [3.8, 4) is 0 Å². The van der Waals surface area contributed by atoms with Crippen molar-refractivity contribution >= 4 is 29.0 Å². The van der Waals surface area contributed by atoms with E-state index < -0.39 is 24.2 Å². The van der Waals surface area contributed by atoms with Crippen molar-refractivity contribution in [1.29, 1.82) is 0 Å². The van der Waals surface area contributed by atoms with Gasteiger partial charge in [0.05, 0.1) is 19.3 Å². The number of amides is 1. The first-order valence-corrected chi connectivity index (χ1v) is 13.8. The van der Waals surface area contributed by atoms with E-state index in [1.807, 2.05) is 48.7 Å². The monoisotopic (exact) mass is 539 g/mol. The van der Waals surface area contributed by atoms with Crippen LogP contribution in [0.5, 0.6) is 0 Å². The van der Waals surface area contributed by atoms with Crippen LogP contribution in [0, 0.1) is 12.8 Å². The molecule has 0 saturated carbocycles. The van der Waals surface area contributed by atoms with Gasteiger partial charge >= 0.3 is 0 Å². The van der Waals surface area contributed by atoms with Gasteiger partial charge < -0.3 is 20.5 Å². The molecular weight excluding hydrogens is 502 g/mol. The first-order chi connectivity index (χ1) is 19.4. The van der Waals surface area contributed by atoms with E-state index >= 15 is 0 Å². The number of benzene rings is 3. The average Bonchev–Trinajstić information content (AvgIpc) is 3.55. The van der Waals surface area contributed by atoms with Gasteiger partial charge in [0.1, 0.15) is 12.1 Å². The lowest BCUT2D eigenvalue weighted by Gasteiger charge is -2.24. The Hall–Kier alpha value is -3.75. The third-order valence-corrected chi connectivity index (χ3v) is 7.58. The maximum Gasteiger partial charge on any atom is 0.240 e. The Morgan fingerprint density at radius 3 is 2.40 bits per heavy atom. The molecule has 0 unspecified atom stereocenters. The minimum Gasteiger partial charge on any atom is -0.396 e. The number of rotatable bonds is 10. The molecule has 0 aliphatic carbocycles. The number of hydroxylamine groups is 2. The fraction of sp³-hybridized carbons (Fsp3) is 0.303. The van der Waals surface area contributed by atoms with E-state index in [-0.39, 0.29) is 12.5 Å². The van der Waals surface area contributed by atoms with Crippen LogP contribution >= 0.6 is 0 Å². The van der Waals surface area contributed by atoms with Gasteiger partial charge in [0.2, 0.25) is 5.91 Å². The zero-order valence-corrected chi connectivity index (χ0v) is 23.0. The summed E-state index contributed by atoms with van der Waals surface area (Å²) in [5.74, 6) is -0.774. The topological polar surface area (TPSA) is 97.8 Å². The first kappa shape index (κ1) is 27.8. The van der Waals surface area contributed by atoms with E-state index in [1.54, 1.807) is 12.0 Å². The van der Waals surface area contributed by atoms with Gasteiger partial charge in [-0.25, -0.2) is 0 Å². The zero-order chi connectivity index (χ0) is 28.1. The molecule has 1 aromatic heterocycles. The Balaban J connectivity index is 1.25. The number of aliphatic hydroxyl groups excluding tert-OH is 2. The summed E-state index contributed by atoms with van der Waals surface area (Å²) >= 11 is 0. The number of aromatic nitrogens is 1. The summed E-state index contributed by atoms with van der Waals surface area (Å²) in [5.41, 5.74) is 6.59. The van der Waals surface area contributed by atoms with E-state index in [1.165, 1.54) is 5.56 Å². The van der Waals surface area contributed by atoms with Crippen LogP contribution in [0.3, 0.4) is 0 Å². The maximum absolute atomic E-state index is 13.4. The first-order valence-electron chi connectivity index (χ1n) is 13.8. The SMILES string of the molecule is Cc1ccc(C=Cc2ccc(CN3O[C@H]([C@@H](C)O)[C@H](CO)[C@@H]3C(=O)NCCc3c[nH]c4ccccc34)cc2)cc1. The second kappa shape index (κ2) is 12.6. The summed E-state index contributed by atoms with van der Waals surface area (Å²) in [5, 5.41) is 26.3. The van der Waals surface area contributed by atoms with E-state index in [9.17, 15) is 15.0 Å². The highest BCUT2D eigenvalue weighted by atomic mass is 16.7. The zero-order valence-electron chi connectivity index (χ0n) is 23.0. The largest absolute Gasteiger partial charge is 0.396 e. The molecular formula is C33H37N3O4. The highest BCUT2D eigenvalue weighted by Gasteiger charge is 2.48. The van der Waals surface area contributed by atoms with Crippen LogP contribution in [0.25, 0.3) is 23.1 Å². The summed E-state index contributed by atoms with van der Waals surface area (Å²) in [4.78, 5) is 22.8. The van der Waals surface area contributed by atoms with Crippen LogP contribution < -0.4 is 5.32 Å². The smallest absolute Gasteiger partial charge is 0.240 e. The average molecular weight is 540 g/mol. The van der Waals surface area contributed by atoms with Gasteiger partial charge in [-0.15, -0.1) is 0 Å². The van der Waals surface area contributed by atoms with Crippen LogP contribution in [0.4, 0.5) is 0 Å². The van der Waals surface area contributed by atoms with E-state index in [4.69, 9.17) is 4.84 Å². The maximum atomic E-state index is 13.4. The number of hydrogen-bond donors (Lipinski definition) is 4. The number of aliphatic hydroxyl groups is 2. The van der Waals surface area contributed by atoms with Gasteiger partial charge in [0, 0.05) is 29.6 Å². The van der Waals surface area contributed by atoms with Crippen molar-refractivity contribution in [1.82, 2.24) is 15.4 Å². The second-order valence-corrected chi connectivity index (χ2v) is 10.6. The molecule has 0 radical (unpaired) electrons. The fourth-order valence-electron chi connectivity index (χ4n) is 5.35. The van der Waals surface area contributed by atoms with Crippen LogP contribution in [0.2, 0.25) is 0 Å². The number of aryl methyl sites for hydroxylation is 1. The number of para-hydroxylation sites is 1. The number of nitrogens with zero attached hydrogens (tertiary/aromatic N) is 1. The Labute approximate surface area is 235 Å². The third kappa shape index (κ3) is 6.35. The van der Waals surface area contributed by atoms with Crippen molar-refractivity contribution in [3.05, 3.63) is 107 Å². The van der Waals surface area contributed by atoms with Crippen molar-refractivity contribution in [2.24, 2.45) is 5.92 Å². The number of aromatic amines is 1. The van der Waals surface area contributed by atoms with Crippen molar-refractivity contribution in [2.45, 2.75) is 45.1 Å². The highest BCUT2D eigenvalue weighted by Crippen LogP contribution is 2.31. The number of fused-ring (bicyclic) bond motifs is 1. The normalized spacial score (nSPS) is 20.4. The van der Waals surface area contributed by atoms with Gasteiger partial charge in [0.15, 0.2) is 0 Å². The predicted molar refractivity (Wildman–Crippen MR) is 158 cm³/mol. The number of carbonyl (C=O) groups is 1. The van der Waals surface area contributed by atoms with E-state index in [0.717, 1.165) is 33.2 Å². The molecule has 40 heavy (non-hydrogen) atoms. The summed E-state index contributed by atoms with van der Waals surface area (Å²) in [6.45, 7) is 4.22. The molecule has 1 aliphatic rings.